The quantitative estimate of drug-likeness (QED) is 0.358. The molecule has 13 heteroatoms. The highest BCUT2D eigenvalue weighted by molar-refractivity contribution is 9.10. The molecule has 9 nitrogen and oxygen atoms in total. The molecule has 1 fully saturated rings. The Kier molecular flexibility index (Phi) is 9.92. The molecule has 0 bridgehead atoms. The van der Waals surface area contributed by atoms with E-state index in [0.717, 1.165) is 60.0 Å². The lowest BCUT2D eigenvalue weighted by Crippen LogP contribution is -2.50. The van der Waals surface area contributed by atoms with Crippen molar-refractivity contribution in [2.75, 3.05) is 46.2 Å². The molecule has 42 heavy (non-hydrogen) atoms. The third-order valence-corrected chi connectivity index (χ3v) is 7.38. The minimum absolute atomic E-state index is 0.0769. The van der Waals surface area contributed by atoms with Gasteiger partial charge in [0.05, 0.1) is 6.54 Å². The number of benzene rings is 2. The van der Waals surface area contributed by atoms with Crippen LogP contribution in [0.3, 0.4) is 0 Å². The number of para-hydroxylation sites is 1. The lowest BCUT2D eigenvalue weighted by Gasteiger charge is -2.41. The largest absolute Gasteiger partial charge is 0.490 e. The fourth-order valence-corrected chi connectivity index (χ4v) is 5.12. The SMILES string of the molecule is CC(C)CC1Nc2ncnc(N3CCN(c4ccccc4)CC3)c2N(Cc2ccc(Br)cc2)C1=O.O=C(O)C(F)(F)F. The van der Waals surface area contributed by atoms with E-state index in [1.165, 1.54) is 5.69 Å². The highest BCUT2D eigenvalue weighted by Crippen LogP contribution is 2.39. The van der Waals surface area contributed by atoms with Gasteiger partial charge in [-0.05, 0) is 42.2 Å². The van der Waals surface area contributed by atoms with Gasteiger partial charge in [-0.25, -0.2) is 14.8 Å². The number of rotatable bonds is 6. The van der Waals surface area contributed by atoms with Gasteiger partial charge in [-0.15, -0.1) is 0 Å². The average Bonchev–Trinajstić information content (AvgIpc) is 2.96. The van der Waals surface area contributed by atoms with Gasteiger partial charge < -0.3 is 20.2 Å². The smallest absolute Gasteiger partial charge is 0.475 e. The topological polar surface area (TPSA) is 102 Å². The number of carbonyl (C=O) groups is 2. The second-order valence-electron chi connectivity index (χ2n) is 10.4. The number of anilines is 4. The van der Waals surface area contributed by atoms with Crippen LogP contribution in [0, 0.1) is 5.92 Å². The zero-order chi connectivity index (χ0) is 30.4. The summed E-state index contributed by atoms with van der Waals surface area (Å²) in [6.45, 7) is 8.21. The Morgan fingerprint density at radius 3 is 2.19 bits per heavy atom. The monoisotopic (exact) mass is 648 g/mol. The van der Waals surface area contributed by atoms with Gasteiger partial charge in [-0.2, -0.15) is 13.2 Å². The number of fused-ring (bicyclic) bond motifs is 1. The highest BCUT2D eigenvalue weighted by Gasteiger charge is 2.39. The zero-order valence-corrected chi connectivity index (χ0v) is 24.8. The second-order valence-corrected chi connectivity index (χ2v) is 11.3. The maximum Gasteiger partial charge on any atom is 0.490 e. The number of carboxylic acids is 1. The zero-order valence-electron chi connectivity index (χ0n) is 23.2. The number of alkyl halides is 3. The molecule has 5 rings (SSSR count). The lowest BCUT2D eigenvalue weighted by atomic mass is 10.00. The molecule has 3 heterocycles. The van der Waals surface area contributed by atoms with Crippen molar-refractivity contribution in [3.8, 4) is 0 Å². The third kappa shape index (κ3) is 7.69. The fraction of sp³-hybridized carbons (Fsp3) is 0.379. The van der Waals surface area contributed by atoms with E-state index in [2.05, 4.69) is 86.3 Å². The first kappa shape index (κ1) is 31.1. The van der Waals surface area contributed by atoms with Gasteiger partial charge in [-0.1, -0.05) is 60.1 Å². The number of nitrogens with zero attached hydrogens (tertiary/aromatic N) is 5. The van der Waals surface area contributed by atoms with Crippen LogP contribution in [0.15, 0.2) is 65.4 Å². The van der Waals surface area contributed by atoms with Crippen LogP contribution < -0.4 is 20.0 Å². The molecule has 1 atom stereocenters. The van der Waals surface area contributed by atoms with Crippen LogP contribution in [0.1, 0.15) is 25.8 Å². The molecule has 0 spiro atoms. The van der Waals surface area contributed by atoms with Crippen LogP contribution in [-0.4, -0.2) is 65.3 Å². The molecule has 0 radical (unpaired) electrons. The number of aliphatic carboxylic acids is 1. The van der Waals surface area contributed by atoms with E-state index in [0.29, 0.717) is 12.5 Å². The van der Waals surface area contributed by atoms with Crippen molar-refractivity contribution in [2.45, 2.75) is 39.0 Å². The van der Waals surface area contributed by atoms with Crippen molar-refractivity contribution < 1.29 is 27.9 Å². The van der Waals surface area contributed by atoms with E-state index in [9.17, 15) is 18.0 Å². The maximum atomic E-state index is 13.7. The molecule has 1 saturated heterocycles. The van der Waals surface area contributed by atoms with Crippen molar-refractivity contribution in [3.05, 3.63) is 71.0 Å². The highest BCUT2D eigenvalue weighted by atomic mass is 79.9. The van der Waals surface area contributed by atoms with Crippen molar-refractivity contribution in [1.82, 2.24) is 9.97 Å². The summed E-state index contributed by atoms with van der Waals surface area (Å²) < 4.78 is 32.8. The summed E-state index contributed by atoms with van der Waals surface area (Å²) >= 11 is 3.51. The maximum absolute atomic E-state index is 13.7. The molecule has 2 aliphatic rings. The van der Waals surface area contributed by atoms with Gasteiger partial charge in [0, 0.05) is 36.3 Å². The van der Waals surface area contributed by atoms with Crippen molar-refractivity contribution in [2.24, 2.45) is 5.92 Å². The molecule has 0 saturated carbocycles. The second kappa shape index (κ2) is 13.4. The van der Waals surface area contributed by atoms with Crippen LogP contribution in [-0.2, 0) is 16.1 Å². The minimum atomic E-state index is -5.08. The van der Waals surface area contributed by atoms with E-state index in [1.54, 1.807) is 6.33 Å². The standard InChI is InChI=1S/C27H31BrN6O.C2HF3O2/c1-19(2)16-23-27(35)34(17-20-8-10-21(28)11-9-20)24-25(31-23)29-18-30-26(24)33-14-12-32(13-15-33)22-6-4-3-5-7-22;3-2(4,5)1(6)7/h3-11,18-19,23H,12-17H2,1-2H3,(H,29,30,31);(H,6,7). The number of carboxylic acid groups (broad SMARTS) is 1. The predicted molar refractivity (Wildman–Crippen MR) is 159 cm³/mol. The Morgan fingerprint density at radius 1 is 1.02 bits per heavy atom. The van der Waals surface area contributed by atoms with Gasteiger partial charge >= 0.3 is 12.1 Å². The molecule has 0 aliphatic carbocycles. The summed E-state index contributed by atoms with van der Waals surface area (Å²) in [6.07, 6.45) is -2.71. The van der Waals surface area contributed by atoms with Crippen LogP contribution in [0.25, 0.3) is 0 Å². The van der Waals surface area contributed by atoms with Crippen LogP contribution in [0.5, 0.6) is 0 Å². The molecule has 1 unspecified atom stereocenters. The molecule has 224 valence electrons. The van der Waals surface area contributed by atoms with Gasteiger partial charge in [0.1, 0.15) is 18.1 Å². The summed E-state index contributed by atoms with van der Waals surface area (Å²) in [6, 6.07) is 18.3. The van der Waals surface area contributed by atoms with Gasteiger partial charge in [0.15, 0.2) is 11.6 Å². The number of nitrogens with one attached hydrogen (secondary N) is 1. The minimum Gasteiger partial charge on any atom is -0.475 e. The van der Waals surface area contributed by atoms with Gasteiger partial charge in [0.25, 0.3) is 0 Å². The first-order valence-electron chi connectivity index (χ1n) is 13.5. The van der Waals surface area contributed by atoms with Crippen LogP contribution >= 0.6 is 15.9 Å². The molecule has 3 aromatic rings. The molecule has 1 aromatic heterocycles. The van der Waals surface area contributed by atoms with Crippen molar-refractivity contribution >= 4 is 50.8 Å². The number of aromatic nitrogens is 2. The van der Waals surface area contributed by atoms with E-state index in [-0.39, 0.29) is 11.9 Å². The Hall–Kier alpha value is -3.87. The summed E-state index contributed by atoms with van der Waals surface area (Å²) in [7, 11) is 0. The van der Waals surface area contributed by atoms with E-state index in [4.69, 9.17) is 14.9 Å². The van der Waals surface area contributed by atoms with Gasteiger partial charge in [-0.3, -0.25) is 9.69 Å². The first-order chi connectivity index (χ1) is 19.9. The number of piperazine rings is 1. The molecule has 1 amide bonds. The average molecular weight is 650 g/mol. The Labute approximate surface area is 250 Å². The third-order valence-electron chi connectivity index (χ3n) is 6.85. The van der Waals surface area contributed by atoms with Crippen molar-refractivity contribution in [3.63, 3.8) is 0 Å². The fourth-order valence-electron chi connectivity index (χ4n) is 4.86. The van der Waals surface area contributed by atoms with E-state index in [1.807, 2.05) is 23.1 Å². The predicted octanol–water partition coefficient (Wildman–Crippen LogP) is 5.57. The summed E-state index contributed by atoms with van der Waals surface area (Å²) in [5, 5.41) is 10.6. The van der Waals surface area contributed by atoms with Crippen LogP contribution in [0.2, 0.25) is 0 Å². The number of carbonyl (C=O) groups excluding carboxylic acids is 1. The normalized spacial score (nSPS) is 16.9. The summed E-state index contributed by atoms with van der Waals surface area (Å²) in [4.78, 5) is 38.5. The molecular weight excluding hydrogens is 617 g/mol. The van der Waals surface area contributed by atoms with Crippen LogP contribution in [0.4, 0.5) is 36.2 Å². The Bertz CT molecular complexity index is 1370. The number of amides is 1. The lowest BCUT2D eigenvalue weighted by molar-refractivity contribution is -0.192. The van der Waals surface area contributed by atoms with E-state index < -0.39 is 12.1 Å². The summed E-state index contributed by atoms with van der Waals surface area (Å²) in [5.74, 6) is -0.730. The molecular formula is C29H32BrF3N6O3. The number of halogens is 4. The van der Waals surface area contributed by atoms with E-state index >= 15 is 0 Å². The summed E-state index contributed by atoms with van der Waals surface area (Å²) in [5.41, 5.74) is 3.09. The molecule has 2 aliphatic heterocycles. The van der Waals surface area contributed by atoms with Crippen molar-refractivity contribution in [1.29, 1.82) is 0 Å². The Balaban J connectivity index is 0.000000517. The number of hydrogen-bond donors (Lipinski definition) is 2. The molecule has 2 aromatic carbocycles. The first-order valence-corrected chi connectivity index (χ1v) is 14.3. The molecule has 2 N–H and O–H groups in total. The number of hydrogen-bond acceptors (Lipinski definition) is 7. The Morgan fingerprint density at radius 2 is 1.62 bits per heavy atom. The van der Waals surface area contributed by atoms with Gasteiger partial charge in [0.2, 0.25) is 5.91 Å².